The first-order valence-corrected chi connectivity index (χ1v) is 8.89. The topological polar surface area (TPSA) is 76.1 Å². The van der Waals surface area contributed by atoms with Gasteiger partial charge in [0.1, 0.15) is 11.6 Å². The van der Waals surface area contributed by atoms with Crippen LogP contribution in [0.1, 0.15) is 49.5 Å². The molecule has 6 heteroatoms. The SMILES string of the molecule is CCOc1ccc(NC(=O)c2ccc(NC3CCCCC3)nn2)cc1. The van der Waals surface area contributed by atoms with Gasteiger partial charge in [-0.05, 0) is 56.2 Å². The van der Waals surface area contributed by atoms with Gasteiger partial charge in [0.15, 0.2) is 5.69 Å². The zero-order chi connectivity index (χ0) is 17.5. The van der Waals surface area contributed by atoms with Gasteiger partial charge >= 0.3 is 0 Å². The number of anilines is 2. The monoisotopic (exact) mass is 340 g/mol. The number of benzene rings is 1. The Morgan fingerprint density at radius 2 is 1.84 bits per heavy atom. The summed E-state index contributed by atoms with van der Waals surface area (Å²) in [6.45, 7) is 2.55. The molecule has 1 fully saturated rings. The average Bonchev–Trinajstić information content (AvgIpc) is 2.65. The molecule has 1 aliphatic carbocycles. The normalized spacial score (nSPS) is 14.8. The van der Waals surface area contributed by atoms with Crippen LogP contribution in [0.25, 0.3) is 0 Å². The Morgan fingerprint density at radius 3 is 2.48 bits per heavy atom. The van der Waals surface area contributed by atoms with Crippen molar-refractivity contribution in [1.29, 1.82) is 0 Å². The molecule has 0 atom stereocenters. The summed E-state index contributed by atoms with van der Waals surface area (Å²) in [6.07, 6.45) is 6.17. The molecule has 1 saturated carbocycles. The fourth-order valence-electron chi connectivity index (χ4n) is 2.98. The van der Waals surface area contributed by atoms with E-state index in [-0.39, 0.29) is 5.91 Å². The van der Waals surface area contributed by atoms with Crippen molar-refractivity contribution in [3.63, 3.8) is 0 Å². The summed E-state index contributed by atoms with van der Waals surface area (Å²) in [5.74, 6) is 1.23. The molecular formula is C19H24N4O2. The van der Waals surface area contributed by atoms with Crippen LogP contribution in [0, 0.1) is 0 Å². The lowest BCUT2D eigenvalue weighted by molar-refractivity contribution is 0.102. The number of nitrogens with zero attached hydrogens (tertiary/aromatic N) is 2. The first-order valence-electron chi connectivity index (χ1n) is 8.89. The lowest BCUT2D eigenvalue weighted by Gasteiger charge is -2.22. The summed E-state index contributed by atoms with van der Waals surface area (Å²) in [5, 5.41) is 14.4. The molecule has 1 aliphatic rings. The Labute approximate surface area is 148 Å². The van der Waals surface area contributed by atoms with Crippen molar-refractivity contribution in [2.24, 2.45) is 0 Å². The largest absolute Gasteiger partial charge is 0.494 e. The van der Waals surface area contributed by atoms with Crippen molar-refractivity contribution in [3.8, 4) is 5.75 Å². The van der Waals surface area contributed by atoms with Crippen LogP contribution in [-0.4, -0.2) is 28.8 Å². The summed E-state index contributed by atoms with van der Waals surface area (Å²) in [6, 6.07) is 11.2. The number of hydrogen-bond acceptors (Lipinski definition) is 5. The van der Waals surface area contributed by atoms with Crippen molar-refractivity contribution >= 4 is 17.4 Å². The Kier molecular flexibility index (Phi) is 5.82. The van der Waals surface area contributed by atoms with Crippen LogP contribution in [-0.2, 0) is 0 Å². The van der Waals surface area contributed by atoms with E-state index < -0.39 is 0 Å². The second-order valence-electron chi connectivity index (χ2n) is 6.19. The summed E-state index contributed by atoms with van der Waals surface area (Å²) in [5.41, 5.74) is 0.989. The molecule has 1 heterocycles. The van der Waals surface area contributed by atoms with Crippen LogP contribution in [0.5, 0.6) is 5.75 Å². The Morgan fingerprint density at radius 1 is 1.08 bits per heavy atom. The number of rotatable bonds is 6. The standard InChI is InChI=1S/C19H24N4O2/c1-2-25-16-10-8-15(9-11-16)21-19(24)17-12-13-18(23-22-17)20-14-6-4-3-5-7-14/h8-14H,2-7H2,1H3,(H,20,23)(H,21,24). The molecule has 1 aromatic heterocycles. The minimum atomic E-state index is -0.277. The summed E-state index contributed by atoms with van der Waals surface area (Å²) < 4.78 is 5.38. The molecule has 0 bridgehead atoms. The van der Waals surface area contributed by atoms with E-state index >= 15 is 0 Å². The van der Waals surface area contributed by atoms with Crippen LogP contribution >= 0.6 is 0 Å². The first-order chi connectivity index (χ1) is 12.2. The minimum absolute atomic E-state index is 0.277. The zero-order valence-corrected chi connectivity index (χ0v) is 14.5. The van der Waals surface area contributed by atoms with Crippen LogP contribution < -0.4 is 15.4 Å². The number of hydrogen-bond donors (Lipinski definition) is 2. The predicted octanol–water partition coefficient (Wildman–Crippen LogP) is 3.87. The van der Waals surface area contributed by atoms with Crippen LogP contribution in [0.3, 0.4) is 0 Å². The van der Waals surface area contributed by atoms with E-state index in [4.69, 9.17) is 4.74 Å². The van der Waals surface area contributed by atoms with E-state index in [2.05, 4.69) is 20.8 Å². The van der Waals surface area contributed by atoms with Crippen molar-refractivity contribution < 1.29 is 9.53 Å². The van der Waals surface area contributed by atoms with Gasteiger partial charge in [0.25, 0.3) is 5.91 Å². The van der Waals surface area contributed by atoms with E-state index in [1.54, 1.807) is 18.2 Å². The van der Waals surface area contributed by atoms with Crippen molar-refractivity contribution in [3.05, 3.63) is 42.1 Å². The number of amides is 1. The lowest BCUT2D eigenvalue weighted by Crippen LogP contribution is -2.23. The van der Waals surface area contributed by atoms with E-state index in [1.165, 1.54) is 32.1 Å². The predicted molar refractivity (Wildman–Crippen MR) is 98.1 cm³/mol. The third-order valence-corrected chi connectivity index (χ3v) is 4.28. The van der Waals surface area contributed by atoms with Crippen LogP contribution in [0.4, 0.5) is 11.5 Å². The highest BCUT2D eigenvalue weighted by molar-refractivity contribution is 6.02. The molecule has 1 amide bonds. The highest BCUT2D eigenvalue weighted by Gasteiger charge is 2.14. The molecule has 132 valence electrons. The fraction of sp³-hybridized carbons (Fsp3) is 0.421. The molecule has 25 heavy (non-hydrogen) atoms. The highest BCUT2D eigenvalue weighted by Crippen LogP contribution is 2.20. The quantitative estimate of drug-likeness (QED) is 0.835. The van der Waals surface area contributed by atoms with Gasteiger partial charge in [-0.1, -0.05) is 19.3 Å². The van der Waals surface area contributed by atoms with Gasteiger partial charge in [0, 0.05) is 11.7 Å². The third kappa shape index (κ3) is 4.92. The van der Waals surface area contributed by atoms with Crippen molar-refractivity contribution in [2.75, 3.05) is 17.2 Å². The van der Waals surface area contributed by atoms with Gasteiger partial charge < -0.3 is 15.4 Å². The zero-order valence-electron chi connectivity index (χ0n) is 14.5. The van der Waals surface area contributed by atoms with Gasteiger partial charge in [0.2, 0.25) is 0 Å². The molecule has 3 rings (SSSR count). The molecule has 2 N–H and O–H groups in total. The smallest absolute Gasteiger partial charge is 0.276 e. The second-order valence-corrected chi connectivity index (χ2v) is 6.19. The van der Waals surface area contributed by atoms with Crippen molar-refractivity contribution in [1.82, 2.24) is 10.2 Å². The Bertz CT molecular complexity index is 680. The molecule has 1 aromatic carbocycles. The number of aromatic nitrogens is 2. The molecule has 0 saturated heterocycles. The molecule has 0 radical (unpaired) electrons. The van der Waals surface area contributed by atoms with E-state index in [9.17, 15) is 4.79 Å². The van der Waals surface area contributed by atoms with Gasteiger partial charge in [-0.15, -0.1) is 10.2 Å². The number of nitrogens with one attached hydrogen (secondary N) is 2. The number of ether oxygens (including phenoxy) is 1. The fourth-order valence-corrected chi connectivity index (χ4v) is 2.98. The maximum atomic E-state index is 12.3. The van der Waals surface area contributed by atoms with E-state index in [0.29, 0.717) is 24.0 Å². The van der Waals surface area contributed by atoms with E-state index in [0.717, 1.165) is 11.6 Å². The van der Waals surface area contributed by atoms with Gasteiger partial charge in [-0.3, -0.25) is 4.79 Å². The van der Waals surface area contributed by atoms with Gasteiger partial charge in [0.05, 0.1) is 6.61 Å². The first kappa shape index (κ1) is 17.2. The molecule has 2 aromatic rings. The molecule has 0 spiro atoms. The second kappa shape index (κ2) is 8.46. The number of carbonyl (C=O) groups excluding carboxylic acids is 1. The summed E-state index contributed by atoms with van der Waals surface area (Å²) in [7, 11) is 0. The van der Waals surface area contributed by atoms with E-state index in [1.807, 2.05) is 25.1 Å². The third-order valence-electron chi connectivity index (χ3n) is 4.28. The van der Waals surface area contributed by atoms with Crippen LogP contribution in [0.2, 0.25) is 0 Å². The minimum Gasteiger partial charge on any atom is -0.494 e. The summed E-state index contributed by atoms with van der Waals surface area (Å²) >= 11 is 0. The summed E-state index contributed by atoms with van der Waals surface area (Å²) in [4.78, 5) is 12.3. The average molecular weight is 340 g/mol. The lowest BCUT2D eigenvalue weighted by atomic mass is 9.95. The highest BCUT2D eigenvalue weighted by atomic mass is 16.5. The number of carbonyl (C=O) groups is 1. The molecule has 0 unspecified atom stereocenters. The van der Waals surface area contributed by atoms with Crippen molar-refractivity contribution in [2.45, 2.75) is 45.1 Å². The van der Waals surface area contributed by atoms with Crippen LogP contribution in [0.15, 0.2) is 36.4 Å². The van der Waals surface area contributed by atoms with Gasteiger partial charge in [-0.2, -0.15) is 0 Å². The Balaban J connectivity index is 1.56. The van der Waals surface area contributed by atoms with Gasteiger partial charge in [-0.25, -0.2) is 0 Å². The maximum Gasteiger partial charge on any atom is 0.276 e. The maximum absolute atomic E-state index is 12.3. The Hall–Kier alpha value is -2.63. The molecule has 0 aliphatic heterocycles. The molecule has 6 nitrogen and oxygen atoms in total. The molecular weight excluding hydrogens is 316 g/mol.